The van der Waals surface area contributed by atoms with E-state index in [9.17, 15) is 0 Å². The summed E-state index contributed by atoms with van der Waals surface area (Å²) in [5, 5.41) is 0. The Morgan fingerprint density at radius 1 is 1.06 bits per heavy atom. The fourth-order valence-corrected chi connectivity index (χ4v) is 2.78. The van der Waals surface area contributed by atoms with Crippen molar-refractivity contribution in [1.82, 2.24) is 0 Å². The maximum atomic E-state index is 4.27. The lowest BCUT2D eigenvalue weighted by Gasteiger charge is -2.14. The lowest BCUT2D eigenvalue weighted by molar-refractivity contribution is 0.793. The van der Waals surface area contributed by atoms with Gasteiger partial charge in [0.15, 0.2) is 0 Å². The van der Waals surface area contributed by atoms with Crippen LogP contribution in [0.4, 0.5) is 0 Å². The number of benzene rings is 2. The number of rotatable bonds is 2. The minimum absolute atomic E-state index is 0.416. The van der Waals surface area contributed by atoms with Crippen LogP contribution in [0.25, 0.3) is 11.1 Å². The van der Waals surface area contributed by atoms with Gasteiger partial charge in [-0.15, -0.1) is 0 Å². The van der Waals surface area contributed by atoms with Crippen molar-refractivity contribution in [2.75, 3.05) is 0 Å². The van der Waals surface area contributed by atoms with Crippen molar-refractivity contribution in [2.45, 2.75) is 25.7 Å². The van der Waals surface area contributed by atoms with Gasteiger partial charge >= 0.3 is 0 Å². The molecule has 1 radical (unpaired) electrons. The monoisotopic (exact) mass is 221 g/mol. The van der Waals surface area contributed by atoms with Gasteiger partial charge in [0, 0.05) is 0 Å². The van der Waals surface area contributed by atoms with Crippen molar-refractivity contribution in [2.24, 2.45) is 0 Å². The molecule has 0 saturated carbocycles. The average Bonchev–Trinajstić information content (AvgIpc) is 2.76. The van der Waals surface area contributed by atoms with Crippen LogP contribution < -0.4 is 0 Å². The van der Waals surface area contributed by atoms with Gasteiger partial charge in [-0.05, 0) is 53.5 Å². The average molecular weight is 221 g/mol. The molecule has 1 aliphatic rings. The fourth-order valence-electron chi connectivity index (χ4n) is 2.78. The van der Waals surface area contributed by atoms with Crippen LogP contribution >= 0.6 is 0 Å². The molecule has 0 heteroatoms. The highest BCUT2D eigenvalue weighted by Crippen LogP contribution is 2.40. The molecule has 0 aliphatic heterocycles. The van der Waals surface area contributed by atoms with Gasteiger partial charge in [-0.2, -0.15) is 0 Å². The van der Waals surface area contributed by atoms with Gasteiger partial charge < -0.3 is 0 Å². The molecule has 3 rings (SSSR count). The third kappa shape index (κ3) is 1.59. The summed E-state index contributed by atoms with van der Waals surface area (Å²) in [5.41, 5.74) is 7.21. The molecule has 1 atom stereocenters. The SMILES string of the molecule is [CH2]C(CC)c1cccc2c1Cc1ccccc1-2. The minimum Gasteiger partial charge on any atom is -0.0648 e. The van der Waals surface area contributed by atoms with Gasteiger partial charge in [-0.1, -0.05) is 49.4 Å². The highest BCUT2D eigenvalue weighted by atomic mass is 14.3. The number of hydrogen-bond donors (Lipinski definition) is 0. The van der Waals surface area contributed by atoms with Crippen LogP contribution in [-0.2, 0) is 6.42 Å². The van der Waals surface area contributed by atoms with Crippen LogP contribution in [0, 0.1) is 6.92 Å². The quantitative estimate of drug-likeness (QED) is 0.594. The summed E-state index contributed by atoms with van der Waals surface area (Å²) in [6.07, 6.45) is 2.18. The van der Waals surface area contributed by atoms with Crippen molar-refractivity contribution in [3.8, 4) is 11.1 Å². The smallest absolute Gasteiger partial charge is 0.00106 e. The molecule has 17 heavy (non-hydrogen) atoms. The first-order chi connectivity index (χ1) is 8.31. The summed E-state index contributed by atoms with van der Waals surface area (Å²) in [4.78, 5) is 0. The molecule has 0 fully saturated rings. The molecule has 0 nitrogen and oxygen atoms in total. The third-order valence-electron chi connectivity index (χ3n) is 3.82. The molecule has 0 bridgehead atoms. The van der Waals surface area contributed by atoms with E-state index in [1.807, 2.05) is 0 Å². The minimum atomic E-state index is 0.416. The maximum absolute atomic E-state index is 4.27. The Kier molecular flexibility index (Phi) is 2.51. The predicted molar refractivity (Wildman–Crippen MR) is 73.1 cm³/mol. The molecular formula is C17H17. The zero-order chi connectivity index (χ0) is 11.8. The first kappa shape index (κ1) is 10.6. The van der Waals surface area contributed by atoms with E-state index in [1.54, 1.807) is 0 Å². The number of fused-ring (bicyclic) bond motifs is 3. The molecular weight excluding hydrogens is 204 g/mol. The summed E-state index contributed by atoms with van der Waals surface area (Å²) < 4.78 is 0. The van der Waals surface area contributed by atoms with Gasteiger partial charge in [0.2, 0.25) is 0 Å². The van der Waals surface area contributed by atoms with Crippen molar-refractivity contribution in [3.63, 3.8) is 0 Å². The fraction of sp³-hybridized carbons (Fsp3) is 0.235. The van der Waals surface area contributed by atoms with Gasteiger partial charge in [-0.3, -0.25) is 0 Å². The highest BCUT2D eigenvalue weighted by molar-refractivity contribution is 5.78. The summed E-state index contributed by atoms with van der Waals surface area (Å²) in [5.74, 6) is 0.416. The van der Waals surface area contributed by atoms with E-state index in [2.05, 4.69) is 56.3 Å². The van der Waals surface area contributed by atoms with Crippen LogP contribution in [0.15, 0.2) is 42.5 Å². The van der Waals surface area contributed by atoms with Crippen molar-refractivity contribution < 1.29 is 0 Å². The molecule has 0 amide bonds. The van der Waals surface area contributed by atoms with E-state index in [-0.39, 0.29) is 0 Å². The second-order valence-corrected chi connectivity index (χ2v) is 4.81. The standard InChI is InChI=1S/C17H17/c1-3-12(2)14-9-6-10-16-15-8-5-4-7-13(15)11-17(14)16/h4-10,12H,2-3,11H2,1H3. The summed E-state index contributed by atoms with van der Waals surface area (Å²) >= 11 is 0. The Balaban J connectivity index is 2.17. The molecule has 0 heterocycles. The van der Waals surface area contributed by atoms with Crippen LogP contribution in [0.1, 0.15) is 36.0 Å². The predicted octanol–water partition coefficient (Wildman–Crippen LogP) is 4.59. The molecule has 0 N–H and O–H groups in total. The zero-order valence-corrected chi connectivity index (χ0v) is 10.2. The Labute approximate surface area is 103 Å². The first-order valence-electron chi connectivity index (χ1n) is 6.34. The van der Waals surface area contributed by atoms with Crippen molar-refractivity contribution >= 4 is 0 Å². The van der Waals surface area contributed by atoms with E-state index in [4.69, 9.17) is 0 Å². The van der Waals surface area contributed by atoms with Crippen LogP contribution in [0.5, 0.6) is 0 Å². The second-order valence-electron chi connectivity index (χ2n) is 4.81. The Morgan fingerprint density at radius 3 is 2.65 bits per heavy atom. The van der Waals surface area contributed by atoms with E-state index >= 15 is 0 Å². The molecule has 0 saturated heterocycles. The topological polar surface area (TPSA) is 0 Å². The Hall–Kier alpha value is -1.56. The van der Waals surface area contributed by atoms with E-state index < -0.39 is 0 Å². The van der Waals surface area contributed by atoms with Gasteiger partial charge in [0.25, 0.3) is 0 Å². The molecule has 0 aromatic heterocycles. The summed E-state index contributed by atoms with van der Waals surface area (Å²) in [7, 11) is 0. The Morgan fingerprint density at radius 2 is 1.82 bits per heavy atom. The van der Waals surface area contributed by atoms with Crippen molar-refractivity contribution in [1.29, 1.82) is 0 Å². The van der Waals surface area contributed by atoms with Crippen LogP contribution in [0.3, 0.4) is 0 Å². The van der Waals surface area contributed by atoms with Crippen molar-refractivity contribution in [3.05, 3.63) is 66.1 Å². The Bertz CT molecular complexity index is 552. The first-order valence-corrected chi connectivity index (χ1v) is 6.34. The number of hydrogen-bond acceptors (Lipinski definition) is 0. The molecule has 0 spiro atoms. The lowest BCUT2D eigenvalue weighted by atomic mass is 9.91. The van der Waals surface area contributed by atoms with Gasteiger partial charge in [0.05, 0.1) is 0 Å². The molecule has 1 aliphatic carbocycles. The molecule has 2 aromatic rings. The molecule has 2 aromatic carbocycles. The van der Waals surface area contributed by atoms with E-state index in [1.165, 1.54) is 27.8 Å². The summed E-state index contributed by atoms with van der Waals surface area (Å²) in [6.45, 7) is 6.47. The zero-order valence-electron chi connectivity index (χ0n) is 10.2. The maximum Gasteiger partial charge on any atom is -0.00106 e. The largest absolute Gasteiger partial charge is 0.0648 e. The lowest BCUT2D eigenvalue weighted by Crippen LogP contribution is -1.97. The molecule has 85 valence electrons. The van der Waals surface area contributed by atoms with E-state index in [0.717, 1.165) is 12.8 Å². The van der Waals surface area contributed by atoms with Crippen LogP contribution in [0.2, 0.25) is 0 Å². The third-order valence-corrected chi connectivity index (χ3v) is 3.82. The van der Waals surface area contributed by atoms with Crippen LogP contribution in [-0.4, -0.2) is 0 Å². The van der Waals surface area contributed by atoms with Gasteiger partial charge in [0.1, 0.15) is 0 Å². The second kappa shape index (κ2) is 4.03. The molecule has 1 unspecified atom stereocenters. The van der Waals surface area contributed by atoms with E-state index in [0.29, 0.717) is 5.92 Å². The normalized spacial score (nSPS) is 14.2. The summed E-state index contributed by atoms with van der Waals surface area (Å²) in [6, 6.07) is 15.4. The highest BCUT2D eigenvalue weighted by Gasteiger charge is 2.21. The van der Waals surface area contributed by atoms with Gasteiger partial charge in [-0.25, -0.2) is 0 Å².